The van der Waals surface area contributed by atoms with Crippen LogP contribution in [0, 0.1) is 13.8 Å². The van der Waals surface area contributed by atoms with Crippen LogP contribution >= 0.6 is 22.9 Å². The van der Waals surface area contributed by atoms with Gasteiger partial charge >= 0.3 is 0 Å². The number of likely N-dealkylation sites (N-methyl/N-ethyl adjacent to an activating group) is 1. The first-order valence-corrected chi connectivity index (χ1v) is 14.8. The molecular formula is C28H36ClN5O5S. The summed E-state index contributed by atoms with van der Waals surface area (Å²) in [6.07, 6.45) is -1.17. The van der Waals surface area contributed by atoms with E-state index in [1.54, 1.807) is 24.3 Å². The first kappa shape index (κ1) is 28.9. The minimum atomic E-state index is -1.000. The fourth-order valence-electron chi connectivity index (χ4n) is 5.58. The Morgan fingerprint density at radius 3 is 2.62 bits per heavy atom. The van der Waals surface area contributed by atoms with Crippen LogP contribution in [0.15, 0.2) is 18.2 Å². The number of anilines is 1. The van der Waals surface area contributed by atoms with Gasteiger partial charge in [0, 0.05) is 55.8 Å². The molecule has 1 aromatic carbocycles. The van der Waals surface area contributed by atoms with Gasteiger partial charge in [-0.2, -0.15) is 0 Å². The molecule has 5 rings (SSSR count). The third kappa shape index (κ3) is 5.49. The number of carbonyl (C=O) groups is 3. The first-order valence-electron chi connectivity index (χ1n) is 13.5. The topological polar surface area (TPSA) is 104 Å². The van der Waals surface area contributed by atoms with E-state index in [2.05, 4.69) is 29.1 Å². The highest BCUT2D eigenvalue weighted by molar-refractivity contribution is 7.16. The number of thiazole rings is 1. The number of nitrogens with one attached hydrogen (secondary N) is 1. The molecule has 5 unspecified atom stereocenters. The molecule has 0 saturated carbocycles. The molecule has 40 heavy (non-hydrogen) atoms. The summed E-state index contributed by atoms with van der Waals surface area (Å²) in [5, 5.41) is 3.37. The Morgan fingerprint density at radius 1 is 1.23 bits per heavy atom. The number of piperazine rings is 1. The molecule has 0 bridgehead atoms. The van der Waals surface area contributed by atoms with Crippen molar-refractivity contribution in [3.8, 4) is 11.3 Å². The monoisotopic (exact) mass is 589 g/mol. The number of hydrogen-bond donors (Lipinski definition) is 1. The highest BCUT2D eigenvalue weighted by Gasteiger charge is 2.53. The molecule has 1 N–H and O–H groups in total. The smallest absolute Gasteiger partial charge is 0.252 e. The van der Waals surface area contributed by atoms with E-state index in [0.29, 0.717) is 5.56 Å². The van der Waals surface area contributed by atoms with Gasteiger partial charge in [0.1, 0.15) is 24.8 Å². The third-order valence-corrected chi connectivity index (χ3v) is 9.52. The summed E-state index contributed by atoms with van der Waals surface area (Å²) in [7, 11) is 3.61. The standard InChI is InChI=1S/C28H36ClN5O5S/c1-15-12-18(6-7-19(15)23-17(3)40-28(31-23)33-10-8-32(4)9-11-33)26(36)30-22(16(2)38-5)27(37)34-13-20(29)25-24(34)21(35)14-39-25/h6-7,12,16,20,22,24-25H,8-11,13-14H2,1-5H3,(H,30,36). The fourth-order valence-corrected chi connectivity index (χ4v) is 6.91. The van der Waals surface area contributed by atoms with Crippen molar-refractivity contribution in [2.45, 2.75) is 50.4 Å². The lowest BCUT2D eigenvalue weighted by molar-refractivity contribution is -0.140. The average Bonchev–Trinajstić information content (AvgIpc) is 3.61. The minimum absolute atomic E-state index is 0.0693. The van der Waals surface area contributed by atoms with Crippen LogP contribution in [0.2, 0.25) is 0 Å². The first-order chi connectivity index (χ1) is 19.1. The number of halogens is 1. The molecule has 1 aromatic heterocycles. The Bertz CT molecular complexity index is 1300. The van der Waals surface area contributed by atoms with Gasteiger partial charge in [0.25, 0.3) is 5.91 Å². The third-order valence-electron chi connectivity index (χ3n) is 8.10. The number of hydrogen-bond acceptors (Lipinski definition) is 9. The van der Waals surface area contributed by atoms with Crippen molar-refractivity contribution in [2.75, 3.05) is 58.4 Å². The molecule has 0 spiro atoms. The Morgan fingerprint density at radius 2 is 1.95 bits per heavy atom. The van der Waals surface area contributed by atoms with Gasteiger partial charge in [-0.25, -0.2) is 4.98 Å². The summed E-state index contributed by atoms with van der Waals surface area (Å²) >= 11 is 8.07. The van der Waals surface area contributed by atoms with Crippen molar-refractivity contribution in [1.29, 1.82) is 0 Å². The Hall–Kier alpha value is -2.57. The number of amides is 2. The lowest BCUT2D eigenvalue weighted by atomic mass is 10.0. The zero-order valence-electron chi connectivity index (χ0n) is 23.5. The number of benzene rings is 1. The summed E-state index contributed by atoms with van der Waals surface area (Å²) in [5.74, 6) is -1.00. The number of fused-ring (bicyclic) bond motifs is 1. The molecule has 3 fully saturated rings. The predicted octanol–water partition coefficient (Wildman–Crippen LogP) is 2.10. The van der Waals surface area contributed by atoms with Crippen LogP contribution < -0.4 is 10.2 Å². The Labute approximate surface area is 243 Å². The van der Waals surface area contributed by atoms with Gasteiger partial charge in [0.2, 0.25) is 5.91 Å². The van der Waals surface area contributed by atoms with Crippen LogP contribution in [0.4, 0.5) is 5.13 Å². The molecule has 5 atom stereocenters. The number of nitrogens with zero attached hydrogens (tertiary/aromatic N) is 4. The molecule has 0 radical (unpaired) electrons. The highest BCUT2D eigenvalue weighted by atomic mass is 35.5. The average molecular weight is 590 g/mol. The number of ether oxygens (including phenoxy) is 2. The van der Waals surface area contributed by atoms with Crippen LogP contribution in [-0.2, 0) is 19.1 Å². The summed E-state index contributed by atoms with van der Waals surface area (Å²) in [5.41, 5.74) is 3.23. The molecule has 3 saturated heterocycles. The van der Waals surface area contributed by atoms with Gasteiger partial charge in [0.15, 0.2) is 10.9 Å². The van der Waals surface area contributed by atoms with Crippen molar-refractivity contribution in [1.82, 2.24) is 20.1 Å². The van der Waals surface area contributed by atoms with E-state index in [9.17, 15) is 14.4 Å². The van der Waals surface area contributed by atoms with Gasteiger partial charge in [-0.3, -0.25) is 14.4 Å². The molecule has 2 aromatic rings. The molecule has 3 aliphatic rings. The fraction of sp³-hybridized carbons (Fsp3) is 0.571. The van der Waals surface area contributed by atoms with E-state index in [1.165, 1.54) is 12.0 Å². The van der Waals surface area contributed by atoms with Crippen LogP contribution in [0.25, 0.3) is 11.3 Å². The van der Waals surface area contributed by atoms with Crippen LogP contribution in [-0.4, -0.2) is 116 Å². The van der Waals surface area contributed by atoms with E-state index < -0.39 is 41.5 Å². The van der Waals surface area contributed by atoms with Gasteiger partial charge < -0.3 is 29.5 Å². The molecule has 3 aliphatic heterocycles. The number of alkyl halides is 1. The predicted molar refractivity (Wildman–Crippen MR) is 154 cm³/mol. The maximum atomic E-state index is 13.6. The number of aromatic nitrogens is 1. The molecule has 4 heterocycles. The van der Waals surface area contributed by atoms with Crippen molar-refractivity contribution in [3.05, 3.63) is 34.2 Å². The SMILES string of the molecule is COC(C)C(NC(=O)c1ccc(-c2nc(N3CCN(C)CC3)sc2C)c(C)c1)C(=O)N1CC(Cl)C2OCC(=O)C21. The number of likely N-dealkylation sites (tertiary alicyclic amines) is 1. The van der Waals surface area contributed by atoms with E-state index >= 15 is 0 Å². The number of rotatable bonds is 7. The molecular weight excluding hydrogens is 554 g/mol. The molecule has 12 heteroatoms. The summed E-state index contributed by atoms with van der Waals surface area (Å²) in [6.45, 7) is 9.76. The van der Waals surface area contributed by atoms with Crippen molar-refractivity contribution in [3.63, 3.8) is 0 Å². The summed E-state index contributed by atoms with van der Waals surface area (Å²) in [6, 6.07) is 3.74. The van der Waals surface area contributed by atoms with Crippen molar-refractivity contribution in [2.24, 2.45) is 0 Å². The summed E-state index contributed by atoms with van der Waals surface area (Å²) in [4.78, 5) is 51.6. The Kier molecular flexibility index (Phi) is 8.49. The van der Waals surface area contributed by atoms with Gasteiger partial charge in [-0.15, -0.1) is 22.9 Å². The number of aryl methyl sites for hydroxylation is 2. The highest BCUT2D eigenvalue weighted by Crippen LogP contribution is 2.35. The summed E-state index contributed by atoms with van der Waals surface area (Å²) < 4.78 is 10.9. The maximum Gasteiger partial charge on any atom is 0.252 e. The largest absolute Gasteiger partial charge is 0.379 e. The van der Waals surface area contributed by atoms with Gasteiger partial charge in [0.05, 0.1) is 17.2 Å². The molecule has 2 amide bonds. The minimum Gasteiger partial charge on any atom is -0.379 e. The molecule has 0 aliphatic carbocycles. The van der Waals surface area contributed by atoms with Crippen LogP contribution in [0.3, 0.4) is 0 Å². The quantitative estimate of drug-likeness (QED) is 0.490. The molecule has 216 valence electrons. The zero-order valence-corrected chi connectivity index (χ0v) is 25.1. The van der Waals surface area contributed by atoms with Crippen LogP contribution in [0.1, 0.15) is 27.7 Å². The second-order valence-electron chi connectivity index (χ2n) is 10.8. The normalized spacial score (nSPS) is 24.8. The lowest BCUT2D eigenvalue weighted by Gasteiger charge is -2.32. The van der Waals surface area contributed by atoms with E-state index in [0.717, 1.165) is 53.0 Å². The van der Waals surface area contributed by atoms with E-state index in [-0.39, 0.29) is 18.9 Å². The van der Waals surface area contributed by atoms with Crippen LogP contribution in [0.5, 0.6) is 0 Å². The van der Waals surface area contributed by atoms with Crippen molar-refractivity contribution < 1.29 is 23.9 Å². The second-order valence-corrected chi connectivity index (χ2v) is 12.5. The second kappa shape index (κ2) is 11.7. The van der Waals surface area contributed by atoms with E-state index in [1.807, 2.05) is 19.1 Å². The van der Waals surface area contributed by atoms with E-state index in [4.69, 9.17) is 26.1 Å². The number of carbonyl (C=O) groups excluding carboxylic acids is 3. The number of ketones is 1. The van der Waals surface area contributed by atoms with Gasteiger partial charge in [-0.05, 0) is 45.5 Å². The Balaban J connectivity index is 1.33. The number of Topliss-reactive ketones (excluding diaryl/α,β-unsaturated/α-hetero) is 1. The number of methoxy groups -OCH3 is 1. The van der Waals surface area contributed by atoms with Crippen molar-refractivity contribution >= 4 is 45.7 Å². The zero-order chi connectivity index (χ0) is 28.7. The molecule has 10 nitrogen and oxygen atoms in total. The maximum absolute atomic E-state index is 13.6. The van der Waals surface area contributed by atoms with Gasteiger partial charge in [-0.1, -0.05) is 6.07 Å². The lowest BCUT2D eigenvalue weighted by Crippen LogP contribution is -2.56.